The Morgan fingerprint density at radius 2 is 2.21 bits per heavy atom. The minimum atomic E-state index is 0.656. The molecular formula is C10H18N4. The summed E-state index contributed by atoms with van der Waals surface area (Å²) in [6, 6.07) is 0. The van der Waals surface area contributed by atoms with E-state index in [-0.39, 0.29) is 0 Å². The van der Waals surface area contributed by atoms with Crippen LogP contribution in [0.15, 0.2) is 6.33 Å². The third-order valence-corrected chi connectivity index (χ3v) is 2.97. The Bertz CT molecular complexity index is 275. The molecule has 2 N–H and O–H groups in total. The van der Waals surface area contributed by atoms with E-state index >= 15 is 0 Å². The zero-order valence-electron chi connectivity index (χ0n) is 8.52. The van der Waals surface area contributed by atoms with Gasteiger partial charge in [-0.1, -0.05) is 12.8 Å². The van der Waals surface area contributed by atoms with Crippen LogP contribution < -0.4 is 5.73 Å². The molecule has 4 nitrogen and oxygen atoms in total. The Labute approximate surface area is 84.5 Å². The zero-order chi connectivity index (χ0) is 9.80. The van der Waals surface area contributed by atoms with Gasteiger partial charge in [-0.2, -0.15) is 5.10 Å². The van der Waals surface area contributed by atoms with Crippen LogP contribution >= 0.6 is 0 Å². The molecule has 1 aliphatic carbocycles. The van der Waals surface area contributed by atoms with Crippen LogP contribution in [-0.2, 0) is 13.0 Å². The van der Waals surface area contributed by atoms with Gasteiger partial charge < -0.3 is 5.73 Å². The van der Waals surface area contributed by atoms with Crippen molar-refractivity contribution in [1.29, 1.82) is 0 Å². The molecule has 14 heavy (non-hydrogen) atoms. The van der Waals surface area contributed by atoms with E-state index in [4.69, 9.17) is 5.73 Å². The average Bonchev–Trinajstić information content (AvgIpc) is 2.80. The largest absolute Gasteiger partial charge is 0.330 e. The van der Waals surface area contributed by atoms with Gasteiger partial charge in [0.25, 0.3) is 0 Å². The van der Waals surface area contributed by atoms with Crippen molar-refractivity contribution in [2.24, 2.45) is 11.7 Å². The highest BCUT2D eigenvalue weighted by Crippen LogP contribution is 2.26. The lowest BCUT2D eigenvalue weighted by Crippen LogP contribution is -2.15. The van der Waals surface area contributed by atoms with Gasteiger partial charge in [0.05, 0.1) is 0 Å². The monoisotopic (exact) mass is 194 g/mol. The SMILES string of the molecule is NCCc1ncnn1CC1CCCC1. The number of aromatic nitrogens is 3. The Kier molecular flexibility index (Phi) is 3.14. The molecule has 0 aromatic carbocycles. The van der Waals surface area contributed by atoms with E-state index in [1.807, 2.05) is 4.68 Å². The molecule has 0 atom stereocenters. The molecule has 1 aromatic rings. The van der Waals surface area contributed by atoms with Crippen LogP contribution in [0.1, 0.15) is 31.5 Å². The summed E-state index contributed by atoms with van der Waals surface area (Å²) < 4.78 is 2.03. The first kappa shape index (κ1) is 9.65. The normalized spacial score (nSPS) is 17.8. The van der Waals surface area contributed by atoms with Gasteiger partial charge in [0, 0.05) is 13.0 Å². The van der Waals surface area contributed by atoms with Crippen molar-refractivity contribution in [3.8, 4) is 0 Å². The summed E-state index contributed by atoms with van der Waals surface area (Å²) in [6.45, 7) is 1.69. The predicted octanol–water partition coefficient (Wildman–Crippen LogP) is 0.969. The van der Waals surface area contributed by atoms with Crippen LogP contribution in [-0.4, -0.2) is 21.3 Å². The average molecular weight is 194 g/mol. The highest BCUT2D eigenvalue weighted by atomic mass is 15.3. The molecule has 78 valence electrons. The van der Waals surface area contributed by atoms with Crippen molar-refractivity contribution < 1.29 is 0 Å². The van der Waals surface area contributed by atoms with Crippen molar-refractivity contribution in [2.45, 2.75) is 38.6 Å². The van der Waals surface area contributed by atoms with Crippen molar-refractivity contribution in [3.05, 3.63) is 12.2 Å². The van der Waals surface area contributed by atoms with Gasteiger partial charge in [-0.15, -0.1) is 0 Å². The molecule has 4 heteroatoms. The van der Waals surface area contributed by atoms with Crippen molar-refractivity contribution in [2.75, 3.05) is 6.54 Å². The number of nitrogens with two attached hydrogens (primary N) is 1. The van der Waals surface area contributed by atoms with Gasteiger partial charge in [0.2, 0.25) is 0 Å². The third kappa shape index (κ3) is 2.12. The number of nitrogens with zero attached hydrogens (tertiary/aromatic N) is 3. The predicted molar refractivity (Wildman–Crippen MR) is 54.7 cm³/mol. The molecule has 1 heterocycles. The molecule has 0 bridgehead atoms. The number of hydrogen-bond donors (Lipinski definition) is 1. The zero-order valence-corrected chi connectivity index (χ0v) is 8.52. The van der Waals surface area contributed by atoms with Gasteiger partial charge in [0.15, 0.2) is 0 Å². The Hall–Kier alpha value is -0.900. The maximum Gasteiger partial charge on any atom is 0.138 e. The molecule has 0 amide bonds. The summed E-state index contributed by atoms with van der Waals surface area (Å²) in [5.74, 6) is 1.85. The molecule has 0 spiro atoms. The summed E-state index contributed by atoms with van der Waals surface area (Å²) in [7, 11) is 0. The second-order valence-electron chi connectivity index (χ2n) is 4.05. The van der Waals surface area contributed by atoms with Crippen molar-refractivity contribution in [3.63, 3.8) is 0 Å². The Morgan fingerprint density at radius 1 is 1.43 bits per heavy atom. The van der Waals surface area contributed by atoms with E-state index in [1.54, 1.807) is 6.33 Å². The molecule has 0 unspecified atom stereocenters. The van der Waals surface area contributed by atoms with Gasteiger partial charge >= 0.3 is 0 Å². The first-order chi connectivity index (χ1) is 6.90. The lowest BCUT2D eigenvalue weighted by Gasteiger charge is -2.10. The third-order valence-electron chi connectivity index (χ3n) is 2.97. The highest BCUT2D eigenvalue weighted by Gasteiger charge is 2.17. The highest BCUT2D eigenvalue weighted by molar-refractivity contribution is 4.86. The van der Waals surface area contributed by atoms with E-state index in [1.165, 1.54) is 25.7 Å². The lowest BCUT2D eigenvalue weighted by atomic mass is 10.1. The summed E-state index contributed by atoms with van der Waals surface area (Å²) in [5, 5.41) is 4.25. The molecule has 1 fully saturated rings. The lowest BCUT2D eigenvalue weighted by molar-refractivity contribution is 0.417. The second kappa shape index (κ2) is 4.55. The maximum atomic E-state index is 5.52. The molecule has 1 saturated carbocycles. The molecule has 1 aromatic heterocycles. The van der Waals surface area contributed by atoms with Crippen LogP contribution in [0, 0.1) is 5.92 Å². The quantitative estimate of drug-likeness (QED) is 0.777. The van der Waals surface area contributed by atoms with E-state index in [9.17, 15) is 0 Å². The first-order valence-electron chi connectivity index (χ1n) is 5.47. The van der Waals surface area contributed by atoms with Gasteiger partial charge in [0.1, 0.15) is 12.2 Å². The first-order valence-corrected chi connectivity index (χ1v) is 5.47. The molecule has 0 radical (unpaired) electrons. The van der Waals surface area contributed by atoms with E-state index in [0.29, 0.717) is 6.54 Å². The summed E-state index contributed by atoms with van der Waals surface area (Å²) in [6.07, 6.45) is 7.94. The molecule has 0 aliphatic heterocycles. The number of rotatable bonds is 4. The van der Waals surface area contributed by atoms with Crippen LogP contribution in [0.5, 0.6) is 0 Å². The van der Waals surface area contributed by atoms with Crippen molar-refractivity contribution in [1.82, 2.24) is 14.8 Å². The van der Waals surface area contributed by atoms with E-state index in [0.717, 1.165) is 24.7 Å². The van der Waals surface area contributed by atoms with Crippen LogP contribution in [0.3, 0.4) is 0 Å². The standard InChI is InChI=1S/C10H18N4/c11-6-5-10-12-8-13-14(10)7-9-3-1-2-4-9/h8-9H,1-7,11H2. The summed E-state index contributed by atoms with van der Waals surface area (Å²) >= 11 is 0. The second-order valence-corrected chi connectivity index (χ2v) is 4.05. The fraction of sp³-hybridized carbons (Fsp3) is 0.800. The Balaban J connectivity index is 1.96. The van der Waals surface area contributed by atoms with Gasteiger partial charge in [-0.05, 0) is 25.3 Å². The minimum absolute atomic E-state index is 0.656. The van der Waals surface area contributed by atoms with Gasteiger partial charge in [-0.3, -0.25) is 0 Å². The van der Waals surface area contributed by atoms with Crippen LogP contribution in [0.25, 0.3) is 0 Å². The van der Waals surface area contributed by atoms with Crippen LogP contribution in [0.4, 0.5) is 0 Å². The van der Waals surface area contributed by atoms with E-state index in [2.05, 4.69) is 10.1 Å². The fourth-order valence-electron chi connectivity index (χ4n) is 2.20. The topological polar surface area (TPSA) is 56.7 Å². The minimum Gasteiger partial charge on any atom is -0.330 e. The molecule has 1 aliphatic rings. The smallest absolute Gasteiger partial charge is 0.138 e. The van der Waals surface area contributed by atoms with E-state index < -0.39 is 0 Å². The fourth-order valence-corrected chi connectivity index (χ4v) is 2.20. The van der Waals surface area contributed by atoms with Gasteiger partial charge in [-0.25, -0.2) is 9.67 Å². The summed E-state index contributed by atoms with van der Waals surface area (Å²) in [4.78, 5) is 4.22. The molecule has 2 rings (SSSR count). The molecular weight excluding hydrogens is 176 g/mol. The summed E-state index contributed by atoms with van der Waals surface area (Å²) in [5.41, 5.74) is 5.52. The van der Waals surface area contributed by atoms with Crippen molar-refractivity contribution >= 4 is 0 Å². The number of hydrogen-bond acceptors (Lipinski definition) is 3. The Morgan fingerprint density at radius 3 is 2.93 bits per heavy atom. The molecule has 0 saturated heterocycles. The maximum absolute atomic E-state index is 5.52. The van der Waals surface area contributed by atoms with Crippen LogP contribution in [0.2, 0.25) is 0 Å².